The molecule has 2 amide bonds. The van der Waals surface area contributed by atoms with Gasteiger partial charge in [-0.1, -0.05) is 28.4 Å². The Balaban J connectivity index is 2.67. The molecule has 1 aromatic carbocycles. The third-order valence-corrected chi connectivity index (χ3v) is 1.51. The molecule has 0 fully saturated rings. The fraction of sp³-hybridized carbons (Fsp3) is 0.111. The van der Waals surface area contributed by atoms with Crippen LogP contribution in [0.25, 0.3) is 0 Å². The van der Waals surface area contributed by atoms with Gasteiger partial charge >= 0.3 is 12.2 Å². The van der Waals surface area contributed by atoms with Gasteiger partial charge < -0.3 is 9.84 Å². The molecule has 0 aliphatic carbocycles. The molecule has 0 aromatic heterocycles. The third-order valence-electron chi connectivity index (χ3n) is 1.51. The van der Waals surface area contributed by atoms with Gasteiger partial charge in [0, 0.05) is 0 Å². The van der Waals surface area contributed by atoms with E-state index in [1.165, 1.54) is 0 Å². The summed E-state index contributed by atoms with van der Waals surface area (Å²) in [4.78, 5) is 20.9. The molecule has 6 nitrogen and oxygen atoms in total. The SMILES string of the molecule is Cc1ccccc1OC(=O)N=NC(=O)O. The van der Waals surface area contributed by atoms with Gasteiger partial charge in [0.15, 0.2) is 0 Å². The fourth-order valence-electron chi connectivity index (χ4n) is 0.869. The molecule has 1 aromatic rings. The van der Waals surface area contributed by atoms with E-state index in [-0.39, 0.29) is 0 Å². The van der Waals surface area contributed by atoms with Crippen LogP contribution < -0.4 is 4.74 Å². The number of para-hydroxylation sites is 1. The molecule has 0 bridgehead atoms. The van der Waals surface area contributed by atoms with Crippen LogP contribution in [0.15, 0.2) is 34.5 Å². The minimum Gasteiger partial charge on any atom is -0.462 e. The molecule has 0 radical (unpaired) electrons. The van der Waals surface area contributed by atoms with Crippen molar-refractivity contribution in [1.82, 2.24) is 0 Å². The number of carbonyl (C=O) groups excluding carboxylic acids is 1. The van der Waals surface area contributed by atoms with Crippen molar-refractivity contribution in [2.45, 2.75) is 6.92 Å². The smallest absolute Gasteiger partial charge is 0.458 e. The number of aryl methyl sites for hydroxylation is 1. The molecular weight excluding hydrogens is 200 g/mol. The lowest BCUT2D eigenvalue weighted by molar-refractivity contribution is 0.197. The number of hydrogen-bond acceptors (Lipinski definition) is 3. The lowest BCUT2D eigenvalue weighted by Crippen LogP contribution is -2.03. The van der Waals surface area contributed by atoms with Gasteiger partial charge in [0.2, 0.25) is 0 Å². The highest BCUT2D eigenvalue weighted by atomic mass is 16.6. The summed E-state index contributed by atoms with van der Waals surface area (Å²) in [6.45, 7) is 1.75. The Hall–Kier alpha value is -2.24. The van der Waals surface area contributed by atoms with E-state index in [0.29, 0.717) is 5.75 Å². The number of ether oxygens (including phenoxy) is 1. The number of azo groups is 1. The first-order chi connectivity index (χ1) is 7.09. The molecule has 0 aliphatic rings. The van der Waals surface area contributed by atoms with Crippen LogP contribution in [0.5, 0.6) is 5.75 Å². The Kier molecular flexibility index (Phi) is 3.50. The van der Waals surface area contributed by atoms with Crippen LogP contribution in [-0.2, 0) is 0 Å². The number of carboxylic acid groups (broad SMARTS) is 1. The molecule has 1 rings (SSSR count). The van der Waals surface area contributed by atoms with Crippen LogP contribution in [0.3, 0.4) is 0 Å². The minimum atomic E-state index is -1.54. The van der Waals surface area contributed by atoms with Crippen molar-refractivity contribution in [2.75, 3.05) is 0 Å². The first-order valence-electron chi connectivity index (χ1n) is 4.01. The largest absolute Gasteiger partial charge is 0.462 e. The van der Waals surface area contributed by atoms with Crippen LogP contribution in [0.2, 0.25) is 0 Å². The van der Waals surface area contributed by atoms with E-state index in [2.05, 4.69) is 10.2 Å². The van der Waals surface area contributed by atoms with E-state index >= 15 is 0 Å². The highest BCUT2D eigenvalue weighted by molar-refractivity contribution is 5.74. The molecule has 0 aliphatic heterocycles. The molecule has 0 unspecified atom stereocenters. The van der Waals surface area contributed by atoms with Gasteiger partial charge in [-0.3, -0.25) is 0 Å². The Bertz CT molecular complexity index is 414. The highest BCUT2D eigenvalue weighted by Crippen LogP contribution is 2.16. The topological polar surface area (TPSA) is 88.3 Å². The van der Waals surface area contributed by atoms with Gasteiger partial charge in [-0.2, -0.15) is 0 Å². The molecule has 15 heavy (non-hydrogen) atoms. The summed E-state index contributed by atoms with van der Waals surface area (Å²) in [6, 6.07) is 6.79. The Morgan fingerprint density at radius 3 is 2.53 bits per heavy atom. The minimum absolute atomic E-state index is 0.326. The molecular formula is C9H8N2O4. The van der Waals surface area contributed by atoms with Crippen LogP contribution in [0.1, 0.15) is 5.56 Å². The van der Waals surface area contributed by atoms with E-state index < -0.39 is 12.2 Å². The van der Waals surface area contributed by atoms with Gasteiger partial charge in [0.05, 0.1) is 0 Å². The van der Waals surface area contributed by atoms with E-state index in [9.17, 15) is 9.59 Å². The second-order valence-corrected chi connectivity index (χ2v) is 2.62. The van der Waals surface area contributed by atoms with Gasteiger partial charge in [0.1, 0.15) is 5.75 Å². The summed E-state index contributed by atoms with van der Waals surface area (Å²) in [6.07, 6.45) is -2.61. The van der Waals surface area contributed by atoms with Crippen molar-refractivity contribution in [3.8, 4) is 5.75 Å². The zero-order valence-electron chi connectivity index (χ0n) is 7.88. The summed E-state index contributed by atoms with van der Waals surface area (Å²) in [7, 11) is 0. The van der Waals surface area contributed by atoms with E-state index in [1.54, 1.807) is 31.2 Å². The van der Waals surface area contributed by atoms with Crippen molar-refractivity contribution in [2.24, 2.45) is 10.2 Å². The molecule has 78 valence electrons. The van der Waals surface area contributed by atoms with Crippen molar-refractivity contribution < 1.29 is 19.4 Å². The maximum absolute atomic E-state index is 10.9. The van der Waals surface area contributed by atoms with Crippen molar-refractivity contribution in [1.29, 1.82) is 0 Å². The van der Waals surface area contributed by atoms with Gasteiger partial charge in [-0.15, -0.1) is 0 Å². The Morgan fingerprint density at radius 2 is 1.93 bits per heavy atom. The normalized spacial score (nSPS) is 10.2. The predicted molar refractivity (Wildman–Crippen MR) is 50.1 cm³/mol. The maximum Gasteiger partial charge on any atom is 0.458 e. The number of amides is 2. The zero-order valence-corrected chi connectivity index (χ0v) is 7.88. The van der Waals surface area contributed by atoms with Gasteiger partial charge in [0.25, 0.3) is 0 Å². The van der Waals surface area contributed by atoms with Gasteiger partial charge in [-0.25, -0.2) is 9.59 Å². The standard InChI is InChI=1S/C9H8N2O4/c1-6-4-2-3-5-7(6)15-9(14)11-10-8(12)13/h2-5H,1H3,(H,12,13). The van der Waals surface area contributed by atoms with Crippen LogP contribution in [0.4, 0.5) is 9.59 Å². The molecule has 6 heteroatoms. The fourth-order valence-corrected chi connectivity index (χ4v) is 0.869. The van der Waals surface area contributed by atoms with Crippen molar-refractivity contribution in [3.05, 3.63) is 29.8 Å². The lowest BCUT2D eigenvalue weighted by atomic mass is 10.2. The summed E-state index contributed by atoms with van der Waals surface area (Å²) in [5, 5.41) is 13.6. The lowest BCUT2D eigenvalue weighted by Gasteiger charge is -2.02. The summed E-state index contributed by atoms with van der Waals surface area (Å²) in [5.74, 6) is 0.326. The molecule has 0 heterocycles. The highest BCUT2D eigenvalue weighted by Gasteiger charge is 2.05. The average Bonchev–Trinajstić information content (AvgIpc) is 2.18. The van der Waals surface area contributed by atoms with E-state index in [0.717, 1.165) is 5.56 Å². The summed E-state index contributed by atoms with van der Waals surface area (Å²) >= 11 is 0. The molecule has 0 atom stereocenters. The second kappa shape index (κ2) is 4.85. The van der Waals surface area contributed by atoms with E-state index in [1.807, 2.05) is 0 Å². The maximum atomic E-state index is 10.9. The first-order valence-corrected chi connectivity index (χ1v) is 4.01. The number of nitrogens with zero attached hydrogens (tertiary/aromatic N) is 2. The number of benzene rings is 1. The number of rotatable bonds is 1. The summed E-state index contributed by atoms with van der Waals surface area (Å²) in [5.41, 5.74) is 0.747. The van der Waals surface area contributed by atoms with Crippen LogP contribution in [-0.4, -0.2) is 17.3 Å². The molecule has 0 saturated heterocycles. The Morgan fingerprint density at radius 1 is 1.27 bits per heavy atom. The monoisotopic (exact) mass is 208 g/mol. The average molecular weight is 208 g/mol. The van der Waals surface area contributed by atoms with E-state index in [4.69, 9.17) is 9.84 Å². The third kappa shape index (κ3) is 3.55. The quantitative estimate of drug-likeness (QED) is 0.718. The summed E-state index contributed by atoms with van der Waals surface area (Å²) < 4.78 is 4.73. The predicted octanol–water partition coefficient (Wildman–Crippen LogP) is 2.62. The second-order valence-electron chi connectivity index (χ2n) is 2.62. The number of hydrogen-bond donors (Lipinski definition) is 1. The molecule has 0 spiro atoms. The molecule has 0 saturated carbocycles. The van der Waals surface area contributed by atoms with Crippen LogP contribution in [0, 0.1) is 6.92 Å². The zero-order chi connectivity index (χ0) is 11.3. The Labute approximate surface area is 85.2 Å². The molecule has 1 N–H and O–H groups in total. The van der Waals surface area contributed by atoms with Gasteiger partial charge in [-0.05, 0) is 18.6 Å². The number of carbonyl (C=O) groups is 2. The van der Waals surface area contributed by atoms with Crippen LogP contribution >= 0.6 is 0 Å². The first kappa shape index (κ1) is 10.8. The van der Waals surface area contributed by atoms with Crippen molar-refractivity contribution >= 4 is 12.2 Å². The van der Waals surface area contributed by atoms with Crippen molar-refractivity contribution in [3.63, 3.8) is 0 Å².